The third kappa shape index (κ3) is 4.20. The van der Waals surface area contributed by atoms with Crippen LogP contribution in [0.3, 0.4) is 0 Å². The average molecular weight is 400 g/mol. The summed E-state index contributed by atoms with van der Waals surface area (Å²) in [6.45, 7) is 0.705. The fraction of sp³-hybridized carbons (Fsp3) is 0.130. The molecular formula is C23H20N4O3. The van der Waals surface area contributed by atoms with Crippen molar-refractivity contribution in [1.29, 1.82) is 0 Å². The second-order valence-corrected chi connectivity index (χ2v) is 6.80. The Bertz CT molecular complexity index is 1230. The maximum Gasteiger partial charge on any atom is 0.277 e. The molecule has 0 saturated heterocycles. The van der Waals surface area contributed by atoms with Crippen molar-refractivity contribution in [1.82, 2.24) is 20.3 Å². The van der Waals surface area contributed by atoms with Crippen molar-refractivity contribution in [2.75, 3.05) is 7.11 Å². The van der Waals surface area contributed by atoms with E-state index in [2.05, 4.69) is 15.6 Å². The van der Waals surface area contributed by atoms with Gasteiger partial charge in [0.1, 0.15) is 11.3 Å². The summed E-state index contributed by atoms with van der Waals surface area (Å²) in [6, 6.07) is 21.7. The number of nitrogens with zero attached hydrogens (tertiary/aromatic N) is 3. The van der Waals surface area contributed by atoms with Gasteiger partial charge in [0.2, 0.25) is 0 Å². The number of amides is 1. The Hall–Kier alpha value is -4.00. The van der Waals surface area contributed by atoms with E-state index in [0.717, 1.165) is 16.9 Å². The topological polar surface area (TPSA) is 86.1 Å². The van der Waals surface area contributed by atoms with Gasteiger partial charge >= 0.3 is 0 Å². The molecule has 0 saturated carbocycles. The number of carbonyl (C=O) groups is 1. The van der Waals surface area contributed by atoms with Gasteiger partial charge in [-0.05, 0) is 47.5 Å². The summed E-state index contributed by atoms with van der Waals surface area (Å²) >= 11 is 0. The zero-order chi connectivity index (χ0) is 20.9. The van der Waals surface area contributed by atoms with Gasteiger partial charge in [-0.25, -0.2) is 4.68 Å². The van der Waals surface area contributed by atoms with Gasteiger partial charge in [-0.3, -0.25) is 9.59 Å². The molecule has 0 aliphatic heterocycles. The number of ether oxygens (including phenoxy) is 1. The fourth-order valence-corrected chi connectivity index (χ4v) is 3.09. The lowest BCUT2D eigenvalue weighted by molar-refractivity contribution is 0.0951. The third-order valence-electron chi connectivity index (χ3n) is 4.79. The molecule has 1 N–H and O–H groups in total. The number of hydrogen-bond donors (Lipinski definition) is 1. The number of carbonyl (C=O) groups excluding carboxylic acids is 1. The summed E-state index contributed by atoms with van der Waals surface area (Å²) in [6.07, 6.45) is 0. The number of rotatable bonds is 6. The number of aromatic nitrogens is 3. The van der Waals surface area contributed by atoms with Crippen LogP contribution in [0.15, 0.2) is 77.6 Å². The molecule has 0 bridgehead atoms. The van der Waals surface area contributed by atoms with Crippen LogP contribution in [0, 0.1) is 0 Å². The Morgan fingerprint density at radius 1 is 0.967 bits per heavy atom. The Labute approximate surface area is 172 Å². The molecule has 1 aromatic heterocycles. The molecule has 4 rings (SSSR count). The summed E-state index contributed by atoms with van der Waals surface area (Å²) in [5.41, 5.74) is 2.76. The van der Waals surface area contributed by atoms with E-state index in [4.69, 9.17) is 4.74 Å². The second-order valence-electron chi connectivity index (χ2n) is 6.80. The minimum atomic E-state index is -0.193. The van der Waals surface area contributed by atoms with Gasteiger partial charge in [-0.1, -0.05) is 41.6 Å². The zero-order valence-electron chi connectivity index (χ0n) is 16.4. The maximum absolute atomic E-state index is 12.6. The molecule has 0 radical (unpaired) electrons. The van der Waals surface area contributed by atoms with Crippen molar-refractivity contribution in [2.24, 2.45) is 0 Å². The Kier molecular flexibility index (Phi) is 5.52. The van der Waals surface area contributed by atoms with Crippen LogP contribution in [-0.2, 0) is 13.1 Å². The lowest BCUT2D eigenvalue weighted by Gasteiger charge is -2.08. The van der Waals surface area contributed by atoms with E-state index in [-0.39, 0.29) is 18.0 Å². The fourth-order valence-electron chi connectivity index (χ4n) is 3.09. The quantitative estimate of drug-likeness (QED) is 0.538. The smallest absolute Gasteiger partial charge is 0.277 e. The molecule has 0 spiro atoms. The van der Waals surface area contributed by atoms with E-state index < -0.39 is 0 Å². The SMILES string of the molecule is COc1ccc(CNC(=O)c2ccc(Cn3nnc4ccccc4c3=O)cc2)cc1. The maximum atomic E-state index is 12.6. The first-order valence-electron chi connectivity index (χ1n) is 9.46. The van der Waals surface area contributed by atoms with E-state index in [1.807, 2.05) is 42.5 Å². The van der Waals surface area contributed by atoms with Gasteiger partial charge in [0.15, 0.2) is 0 Å². The number of fused-ring (bicyclic) bond motifs is 1. The highest BCUT2D eigenvalue weighted by Gasteiger charge is 2.08. The van der Waals surface area contributed by atoms with Crippen molar-refractivity contribution in [2.45, 2.75) is 13.1 Å². The van der Waals surface area contributed by atoms with E-state index in [1.54, 1.807) is 37.4 Å². The summed E-state index contributed by atoms with van der Waals surface area (Å²) in [5, 5.41) is 11.5. The minimum Gasteiger partial charge on any atom is -0.497 e. The van der Waals surface area contributed by atoms with Crippen LogP contribution in [-0.4, -0.2) is 28.0 Å². The number of nitrogens with one attached hydrogen (secondary N) is 1. The van der Waals surface area contributed by atoms with Crippen LogP contribution in [0.5, 0.6) is 5.75 Å². The lowest BCUT2D eigenvalue weighted by atomic mass is 10.1. The Morgan fingerprint density at radius 2 is 1.67 bits per heavy atom. The monoisotopic (exact) mass is 400 g/mol. The van der Waals surface area contributed by atoms with Crippen molar-refractivity contribution < 1.29 is 9.53 Å². The molecule has 150 valence electrons. The van der Waals surface area contributed by atoms with Gasteiger partial charge < -0.3 is 10.1 Å². The van der Waals surface area contributed by atoms with Crippen LogP contribution >= 0.6 is 0 Å². The predicted octanol–water partition coefficient (Wildman–Crippen LogP) is 2.78. The van der Waals surface area contributed by atoms with Crippen LogP contribution in [0.25, 0.3) is 10.9 Å². The highest BCUT2D eigenvalue weighted by molar-refractivity contribution is 5.94. The molecule has 0 unspecified atom stereocenters. The highest BCUT2D eigenvalue weighted by atomic mass is 16.5. The van der Waals surface area contributed by atoms with E-state index >= 15 is 0 Å². The van der Waals surface area contributed by atoms with Crippen LogP contribution in [0.1, 0.15) is 21.5 Å². The summed E-state index contributed by atoms with van der Waals surface area (Å²) < 4.78 is 6.45. The molecule has 30 heavy (non-hydrogen) atoms. The summed E-state index contributed by atoms with van der Waals surface area (Å²) in [4.78, 5) is 25.0. The van der Waals surface area contributed by atoms with Crippen molar-refractivity contribution in [3.63, 3.8) is 0 Å². The van der Waals surface area contributed by atoms with Crippen LogP contribution < -0.4 is 15.6 Å². The van der Waals surface area contributed by atoms with Gasteiger partial charge in [0.25, 0.3) is 11.5 Å². The van der Waals surface area contributed by atoms with Crippen molar-refractivity contribution in [3.05, 3.63) is 99.8 Å². The first-order valence-corrected chi connectivity index (χ1v) is 9.46. The van der Waals surface area contributed by atoms with E-state index in [0.29, 0.717) is 23.0 Å². The first-order chi connectivity index (χ1) is 14.6. The molecule has 7 heteroatoms. The second kappa shape index (κ2) is 8.57. The summed E-state index contributed by atoms with van der Waals surface area (Å²) in [5.74, 6) is 0.607. The van der Waals surface area contributed by atoms with Gasteiger partial charge in [-0.15, -0.1) is 5.10 Å². The number of hydrogen-bond acceptors (Lipinski definition) is 5. The molecule has 0 aliphatic carbocycles. The van der Waals surface area contributed by atoms with Crippen molar-refractivity contribution >= 4 is 16.8 Å². The Balaban J connectivity index is 1.41. The van der Waals surface area contributed by atoms with E-state index in [1.165, 1.54) is 4.68 Å². The van der Waals surface area contributed by atoms with Gasteiger partial charge in [0, 0.05) is 12.1 Å². The number of methoxy groups -OCH3 is 1. The molecule has 7 nitrogen and oxygen atoms in total. The third-order valence-corrected chi connectivity index (χ3v) is 4.79. The predicted molar refractivity (Wildman–Crippen MR) is 114 cm³/mol. The molecule has 4 aromatic rings. The number of benzene rings is 3. The molecule has 0 aliphatic rings. The molecule has 3 aromatic carbocycles. The molecular weight excluding hydrogens is 380 g/mol. The highest BCUT2D eigenvalue weighted by Crippen LogP contribution is 2.12. The first kappa shape index (κ1) is 19.3. The van der Waals surface area contributed by atoms with Crippen molar-refractivity contribution in [3.8, 4) is 5.75 Å². The van der Waals surface area contributed by atoms with Gasteiger partial charge in [0.05, 0.1) is 19.0 Å². The molecule has 1 heterocycles. The minimum absolute atomic E-state index is 0.167. The van der Waals surface area contributed by atoms with Gasteiger partial charge in [-0.2, -0.15) is 0 Å². The molecule has 0 atom stereocenters. The van der Waals surface area contributed by atoms with E-state index in [9.17, 15) is 9.59 Å². The zero-order valence-corrected chi connectivity index (χ0v) is 16.4. The Morgan fingerprint density at radius 3 is 2.40 bits per heavy atom. The lowest BCUT2D eigenvalue weighted by Crippen LogP contribution is -2.25. The van der Waals surface area contributed by atoms with Crippen LogP contribution in [0.2, 0.25) is 0 Å². The largest absolute Gasteiger partial charge is 0.497 e. The molecule has 0 fully saturated rings. The normalized spacial score (nSPS) is 10.7. The molecule has 1 amide bonds. The summed E-state index contributed by atoms with van der Waals surface area (Å²) in [7, 11) is 1.61. The standard InChI is InChI=1S/C23H20N4O3/c1-30-19-12-8-16(9-13-19)14-24-22(28)18-10-6-17(7-11-18)15-27-23(29)20-4-2-3-5-21(20)25-26-27/h2-13H,14-15H2,1H3,(H,24,28). The average Bonchev–Trinajstić information content (AvgIpc) is 2.80. The van der Waals surface area contributed by atoms with Crippen LogP contribution in [0.4, 0.5) is 0 Å².